The SMILES string of the molecule is CCCc1ccc(CC[C@H](CC(CCCCNC(=O)Nc2ccccc2)C(=O)O)C(=O)O)cc1. The topological polar surface area (TPSA) is 116 Å². The highest BCUT2D eigenvalue weighted by Gasteiger charge is 2.26. The van der Waals surface area contributed by atoms with Crippen molar-refractivity contribution in [3.63, 3.8) is 0 Å². The molecule has 0 radical (unpaired) electrons. The van der Waals surface area contributed by atoms with Crippen molar-refractivity contribution in [3.05, 3.63) is 65.7 Å². The Balaban J connectivity index is 1.74. The molecular formula is C27H36N2O5. The Morgan fingerprint density at radius 1 is 0.794 bits per heavy atom. The summed E-state index contributed by atoms with van der Waals surface area (Å²) >= 11 is 0. The van der Waals surface area contributed by atoms with Gasteiger partial charge >= 0.3 is 18.0 Å². The number of benzene rings is 2. The molecule has 1 unspecified atom stereocenters. The summed E-state index contributed by atoms with van der Waals surface area (Å²) in [5.74, 6) is -3.34. The summed E-state index contributed by atoms with van der Waals surface area (Å²) in [5, 5.41) is 24.7. The summed E-state index contributed by atoms with van der Waals surface area (Å²) in [6.07, 6.45) is 4.82. The highest BCUT2D eigenvalue weighted by molar-refractivity contribution is 5.89. The first-order valence-corrected chi connectivity index (χ1v) is 12.0. The van der Waals surface area contributed by atoms with Crippen molar-refractivity contribution in [2.24, 2.45) is 11.8 Å². The number of para-hydroxylation sites is 1. The Labute approximate surface area is 201 Å². The summed E-state index contributed by atoms with van der Waals surface area (Å²) in [4.78, 5) is 35.4. The zero-order valence-electron chi connectivity index (χ0n) is 19.8. The highest BCUT2D eigenvalue weighted by atomic mass is 16.4. The fraction of sp³-hybridized carbons (Fsp3) is 0.444. The van der Waals surface area contributed by atoms with Gasteiger partial charge in [-0.25, -0.2) is 4.79 Å². The smallest absolute Gasteiger partial charge is 0.319 e. The third kappa shape index (κ3) is 10.1. The maximum Gasteiger partial charge on any atom is 0.319 e. The molecule has 0 aliphatic heterocycles. The van der Waals surface area contributed by atoms with Crippen molar-refractivity contribution in [1.82, 2.24) is 5.32 Å². The second-order valence-electron chi connectivity index (χ2n) is 8.65. The van der Waals surface area contributed by atoms with Gasteiger partial charge in [-0.2, -0.15) is 0 Å². The summed E-state index contributed by atoms with van der Waals surface area (Å²) in [6.45, 7) is 2.55. The van der Waals surface area contributed by atoms with Crippen molar-refractivity contribution < 1.29 is 24.6 Å². The molecule has 2 aromatic carbocycles. The minimum Gasteiger partial charge on any atom is -0.481 e. The van der Waals surface area contributed by atoms with E-state index in [4.69, 9.17) is 0 Å². The first-order valence-electron chi connectivity index (χ1n) is 12.0. The summed E-state index contributed by atoms with van der Waals surface area (Å²) in [6, 6.07) is 17.0. The number of amides is 2. The van der Waals surface area contributed by atoms with Crippen LogP contribution in [-0.4, -0.2) is 34.7 Å². The lowest BCUT2D eigenvalue weighted by molar-refractivity contribution is -0.146. The Hall–Kier alpha value is -3.35. The predicted molar refractivity (Wildman–Crippen MR) is 133 cm³/mol. The molecule has 4 N–H and O–H groups in total. The van der Waals surface area contributed by atoms with Gasteiger partial charge in [0.25, 0.3) is 0 Å². The number of carboxylic acid groups (broad SMARTS) is 2. The van der Waals surface area contributed by atoms with Gasteiger partial charge in [0.2, 0.25) is 0 Å². The van der Waals surface area contributed by atoms with E-state index >= 15 is 0 Å². The normalized spacial score (nSPS) is 12.5. The van der Waals surface area contributed by atoms with Gasteiger partial charge in [-0.05, 0) is 61.8 Å². The van der Waals surface area contributed by atoms with Crippen LogP contribution < -0.4 is 10.6 Å². The number of nitrogens with one attached hydrogen (secondary N) is 2. The molecule has 0 aliphatic carbocycles. The van der Waals surface area contributed by atoms with E-state index in [-0.39, 0.29) is 12.5 Å². The van der Waals surface area contributed by atoms with Crippen LogP contribution in [0.15, 0.2) is 54.6 Å². The minimum absolute atomic E-state index is 0.112. The number of rotatable bonds is 15. The molecule has 184 valence electrons. The number of unbranched alkanes of at least 4 members (excludes halogenated alkanes) is 1. The molecule has 0 aliphatic rings. The molecule has 2 amide bonds. The van der Waals surface area contributed by atoms with Crippen molar-refractivity contribution in [1.29, 1.82) is 0 Å². The quantitative estimate of drug-likeness (QED) is 0.263. The lowest BCUT2D eigenvalue weighted by Gasteiger charge is -2.18. The lowest BCUT2D eigenvalue weighted by Crippen LogP contribution is -2.29. The molecular weight excluding hydrogens is 432 g/mol. The fourth-order valence-corrected chi connectivity index (χ4v) is 3.94. The first-order chi connectivity index (χ1) is 16.4. The van der Waals surface area contributed by atoms with Gasteiger partial charge in [-0.15, -0.1) is 0 Å². The number of hydrogen-bond acceptors (Lipinski definition) is 3. The summed E-state index contributed by atoms with van der Waals surface area (Å²) in [7, 11) is 0. The molecule has 34 heavy (non-hydrogen) atoms. The van der Waals surface area contributed by atoms with Crippen LogP contribution in [0.4, 0.5) is 10.5 Å². The summed E-state index contributed by atoms with van der Waals surface area (Å²) < 4.78 is 0. The third-order valence-corrected chi connectivity index (χ3v) is 5.91. The average Bonchev–Trinajstić information content (AvgIpc) is 2.81. The maximum atomic E-state index is 11.9. The molecule has 7 heteroatoms. The Morgan fingerprint density at radius 2 is 1.38 bits per heavy atom. The Morgan fingerprint density at radius 3 is 1.97 bits per heavy atom. The minimum atomic E-state index is -0.968. The van der Waals surface area contributed by atoms with Crippen molar-refractivity contribution >= 4 is 23.7 Å². The third-order valence-electron chi connectivity index (χ3n) is 5.91. The second kappa shape index (κ2) is 14.7. The fourth-order valence-electron chi connectivity index (χ4n) is 3.94. The average molecular weight is 469 g/mol. The zero-order chi connectivity index (χ0) is 24.8. The predicted octanol–water partition coefficient (Wildman–Crippen LogP) is 5.36. The largest absolute Gasteiger partial charge is 0.481 e. The number of anilines is 1. The molecule has 0 bridgehead atoms. The van der Waals surface area contributed by atoms with E-state index in [1.807, 2.05) is 30.3 Å². The van der Waals surface area contributed by atoms with E-state index in [1.165, 1.54) is 5.56 Å². The lowest BCUT2D eigenvalue weighted by atomic mass is 9.87. The molecule has 0 fully saturated rings. The molecule has 0 spiro atoms. The molecule has 0 aromatic heterocycles. The molecule has 2 aromatic rings. The van der Waals surface area contributed by atoms with E-state index in [2.05, 4.69) is 29.7 Å². The molecule has 7 nitrogen and oxygen atoms in total. The van der Waals surface area contributed by atoms with Gasteiger partial charge in [-0.1, -0.05) is 62.2 Å². The van der Waals surface area contributed by atoms with Gasteiger partial charge in [0.1, 0.15) is 0 Å². The van der Waals surface area contributed by atoms with E-state index in [0.717, 1.165) is 18.4 Å². The number of carboxylic acids is 2. The highest BCUT2D eigenvalue weighted by Crippen LogP contribution is 2.23. The van der Waals surface area contributed by atoms with E-state index in [9.17, 15) is 24.6 Å². The Kier molecular flexibility index (Phi) is 11.7. The maximum absolute atomic E-state index is 11.9. The number of carbonyl (C=O) groups excluding carboxylic acids is 1. The molecule has 2 rings (SSSR count). The van der Waals surface area contributed by atoms with E-state index in [0.29, 0.717) is 44.3 Å². The van der Waals surface area contributed by atoms with Gasteiger partial charge in [-0.3, -0.25) is 9.59 Å². The van der Waals surface area contributed by atoms with Crippen LogP contribution in [0, 0.1) is 11.8 Å². The number of carbonyl (C=O) groups is 3. The Bertz CT molecular complexity index is 899. The molecule has 0 saturated heterocycles. The number of urea groups is 1. The van der Waals surface area contributed by atoms with Gasteiger partial charge in [0, 0.05) is 12.2 Å². The van der Waals surface area contributed by atoms with Crippen LogP contribution in [0.25, 0.3) is 0 Å². The number of aliphatic carboxylic acids is 2. The number of aryl methyl sites for hydroxylation is 2. The van der Waals surface area contributed by atoms with E-state index < -0.39 is 23.8 Å². The molecule has 2 atom stereocenters. The molecule has 0 heterocycles. The van der Waals surface area contributed by atoms with Crippen LogP contribution in [-0.2, 0) is 22.4 Å². The van der Waals surface area contributed by atoms with Crippen LogP contribution in [0.3, 0.4) is 0 Å². The zero-order valence-corrected chi connectivity index (χ0v) is 19.8. The van der Waals surface area contributed by atoms with Crippen LogP contribution in [0.2, 0.25) is 0 Å². The molecule has 0 saturated carbocycles. The standard InChI is InChI=1S/C27H36N2O5/c1-2-8-20-12-14-21(15-13-20)16-17-23(26(32)33)19-22(25(30)31)9-6-7-18-28-27(34)29-24-10-4-3-5-11-24/h3-5,10-15,22-23H,2,6-9,16-19H2,1H3,(H,30,31)(H,32,33)(H2,28,29,34)/t22?,23-/m1/s1. The van der Waals surface area contributed by atoms with Gasteiger partial charge < -0.3 is 20.8 Å². The van der Waals surface area contributed by atoms with Crippen molar-refractivity contribution in [2.45, 2.75) is 58.3 Å². The van der Waals surface area contributed by atoms with E-state index in [1.54, 1.807) is 12.1 Å². The van der Waals surface area contributed by atoms with Crippen LogP contribution in [0.5, 0.6) is 0 Å². The van der Waals surface area contributed by atoms with Crippen LogP contribution in [0.1, 0.15) is 56.6 Å². The first kappa shape index (κ1) is 26.9. The van der Waals surface area contributed by atoms with Gasteiger partial charge in [0.15, 0.2) is 0 Å². The summed E-state index contributed by atoms with van der Waals surface area (Å²) in [5.41, 5.74) is 3.03. The van der Waals surface area contributed by atoms with Crippen molar-refractivity contribution in [2.75, 3.05) is 11.9 Å². The van der Waals surface area contributed by atoms with Gasteiger partial charge in [0.05, 0.1) is 11.8 Å². The monoisotopic (exact) mass is 468 g/mol. The second-order valence-corrected chi connectivity index (χ2v) is 8.65. The number of hydrogen-bond donors (Lipinski definition) is 4. The van der Waals surface area contributed by atoms with Crippen molar-refractivity contribution in [3.8, 4) is 0 Å². The van der Waals surface area contributed by atoms with Crippen LogP contribution >= 0.6 is 0 Å².